The Morgan fingerprint density at radius 3 is 3.13 bits per heavy atom. The standard InChI is InChI=1S/C10H5ClN2OS/c11-6-1-2-7-8(5-6)15-10-12-3-4-13(10)9(7)14/h1-5H. The van der Waals surface area contributed by atoms with Crippen LogP contribution in [0, 0.1) is 0 Å². The lowest BCUT2D eigenvalue weighted by atomic mass is 10.3. The summed E-state index contributed by atoms with van der Waals surface area (Å²) in [5, 5.41) is 1.31. The molecule has 1 aromatic carbocycles. The van der Waals surface area contributed by atoms with E-state index >= 15 is 0 Å². The lowest BCUT2D eigenvalue weighted by Crippen LogP contribution is -2.10. The first-order chi connectivity index (χ1) is 7.25. The van der Waals surface area contributed by atoms with Crippen LogP contribution < -0.4 is 5.56 Å². The summed E-state index contributed by atoms with van der Waals surface area (Å²) in [5.41, 5.74) is -0.0482. The van der Waals surface area contributed by atoms with E-state index in [1.807, 2.05) is 0 Å². The molecule has 2 heterocycles. The molecular formula is C10H5ClN2OS. The van der Waals surface area contributed by atoms with Crippen molar-refractivity contribution in [2.45, 2.75) is 0 Å². The Kier molecular flexibility index (Phi) is 1.81. The number of fused-ring (bicyclic) bond motifs is 2. The summed E-state index contributed by atoms with van der Waals surface area (Å²) >= 11 is 7.33. The molecule has 0 bridgehead atoms. The van der Waals surface area contributed by atoms with Crippen molar-refractivity contribution in [1.29, 1.82) is 0 Å². The Morgan fingerprint density at radius 1 is 1.40 bits per heavy atom. The molecule has 3 nitrogen and oxygen atoms in total. The van der Waals surface area contributed by atoms with Crippen LogP contribution in [0.2, 0.25) is 5.02 Å². The van der Waals surface area contributed by atoms with Crippen molar-refractivity contribution < 1.29 is 0 Å². The smallest absolute Gasteiger partial charge is 0.265 e. The van der Waals surface area contributed by atoms with Crippen LogP contribution in [-0.2, 0) is 0 Å². The molecule has 5 heteroatoms. The largest absolute Gasteiger partial charge is 0.268 e. The minimum absolute atomic E-state index is 0.0482. The van der Waals surface area contributed by atoms with Crippen molar-refractivity contribution in [2.24, 2.45) is 0 Å². The molecule has 0 fully saturated rings. The molecular weight excluding hydrogens is 232 g/mol. The van der Waals surface area contributed by atoms with Gasteiger partial charge in [-0.25, -0.2) is 4.98 Å². The third kappa shape index (κ3) is 1.26. The molecule has 0 radical (unpaired) electrons. The molecule has 0 unspecified atom stereocenters. The summed E-state index contributed by atoms with van der Waals surface area (Å²) in [7, 11) is 0. The van der Waals surface area contributed by atoms with Crippen LogP contribution in [0.15, 0.2) is 35.4 Å². The number of rotatable bonds is 0. The summed E-state index contributed by atoms with van der Waals surface area (Å²) in [5.74, 6) is 0. The first-order valence-corrected chi connectivity index (χ1v) is 5.50. The zero-order valence-electron chi connectivity index (χ0n) is 7.48. The second kappa shape index (κ2) is 3.05. The van der Waals surface area contributed by atoms with Gasteiger partial charge in [-0.3, -0.25) is 9.20 Å². The SMILES string of the molecule is O=c1c2ccc(Cl)cc2sc2nccn12. The van der Waals surface area contributed by atoms with Gasteiger partial charge in [0.05, 0.1) is 5.39 Å². The van der Waals surface area contributed by atoms with E-state index < -0.39 is 0 Å². The Bertz CT molecular complexity index is 716. The highest BCUT2D eigenvalue weighted by Crippen LogP contribution is 2.22. The summed E-state index contributed by atoms with van der Waals surface area (Å²) in [6.45, 7) is 0. The van der Waals surface area contributed by atoms with Crippen LogP contribution in [0.1, 0.15) is 0 Å². The van der Waals surface area contributed by atoms with Gasteiger partial charge in [-0.1, -0.05) is 22.9 Å². The van der Waals surface area contributed by atoms with E-state index in [2.05, 4.69) is 4.98 Å². The fraction of sp³-hybridized carbons (Fsp3) is 0. The molecule has 0 aliphatic heterocycles. The lowest BCUT2D eigenvalue weighted by molar-refractivity contribution is 1.16. The van der Waals surface area contributed by atoms with Crippen molar-refractivity contribution in [3.63, 3.8) is 0 Å². The molecule has 74 valence electrons. The predicted molar refractivity (Wildman–Crippen MR) is 61.9 cm³/mol. The van der Waals surface area contributed by atoms with E-state index in [0.29, 0.717) is 15.4 Å². The number of imidazole rings is 1. The van der Waals surface area contributed by atoms with Gasteiger partial charge < -0.3 is 0 Å². The van der Waals surface area contributed by atoms with Crippen LogP contribution in [0.3, 0.4) is 0 Å². The quantitative estimate of drug-likeness (QED) is 0.601. The van der Waals surface area contributed by atoms with E-state index in [0.717, 1.165) is 4.70 Å². The number of nitrogens with zero attached hydrogens (tertiary/aromatic N) is 2. The summed E-state index contributed by atoms with van der Waals surface area (Å²) in [6, 6.07) is 5.26. The van der Waals surface area contributed by atoms with Crippen molar-refractivity contribution in [3.8, 4) is 0 Å². The van der Waals surface area contributed by atoms with Gasteiger partial charge in [0.25, 0.3) is 5.56 Å². The van der Waals surface area contributed by atoms with E-state index in [9.17, 15) is 4.79 Å². The molecule has 0 aliphatic carbocycles. The molecule has 0 amide bonds. The Labute approximate surface area is 93.6 Å². The third-order valence-corrected chi connectivity index (χ3v) is 3.48. The fourth-order valence-corrected chi connectivity index (χ4v) is 2.75. The lowest BCUT2D eigenvalue weighted by Gasteiger charge is -1.98. The maximum Gasteiger partial charge on any atom is 0.265 e. The molecule has 0 saturated heterocycles. The molecule has 3 rings (SSSR count). The van der Waals surface area contributed by atoms with Gasteiger partial charge in [-0.15, -0.1) is 0 Å². The summed E-state index contributed by atoms with van der Waals surface area (Å²) in [4.78, 5) is 16.7. The minimum Gasteiger partial charge on any atom is -0.268 e. The number of halogens is 1. The summed E-state index contributed by atoms with van der Waals surface area (Å²) < 4.78 is 2.41. The maximum absolute atomic E-state index is 11.9. The minimum atomic E-state index is -0.0482. The van der Waals surface area contributed by atoms with Gasteiger partial charge in [0.1, 0.15) is 0 Å². The van der Waals surface area contributed by atoms with Crippen molar-refractivity contribution in [2.75, 3.05) is 0 Å². The number of hydrogen-bond acceptors (Lipinski definition) is 3. The molecule has 0 atom stereocenters. The zero-order chi connectivity index (χ0) is 10.4. The molecule has 15 heavy (non-hydrogen) atoms. The van der Waals surface area contributed by atoms with Gasteiger partial charge in [0, 0.05) is 22.1 Å². The average Bonchev–Trinajstić information content (AvgIpc) is 2.65. The second-order valence-electron chi connectivity index (χ2n) is 3.13. The van der Waals surface area contributed by atoms with Gasteiger partial charge in [-0.2, -0.15) is 0 Å². The molecule has 0 aliphatic rings. The highest BCUT2D eigenvalue weighted by atomic mass is 35.5. The Hall–Kier alpha value is -1.39. The van der Waals surface area contributed by atoms with Crippen molar-refractivity contribution in [1.82, 2.24) is 9.38 Å². The fourth-order valence-electron chi connectivity index (χ4n) is 1.51. The highest BCUT2D eigenvalue weighted by molar-refractivity contribution is 7.23. The van der Waals surface area contributed by atoms with Crippen LogP contribution in [0.25, 0.3) is 15.0 Å². The molecule has 0 N–H and O–H groups in total. The third-order valence-electron chi connectivity index (χ3n) is 2.20. The predicted octanol–water partition coefficient (Wildman–Crippen LogP) is 2.56. The Morgan fingerprint density at radius 2 is 2.27 bits per heavy atom. The van der Waals surface area contributed by atoms with E-state index in [4.69, 9.17) is 11.6 Å². The van der Waals surface area contributed by atoms with Crippen LogP contribution in [0.4, 0.5) is 0 Å². The number of aromatic nitrogens is 2. The molecule has 0 spiro atoms. The number of benzene rings is 1. The second-order valence-corrected chi connectivity index (χ2v) is 4.57. The van der Waals surface area contributed by atoms with Gasteiger partial charge in [0.2, 0.25) is 0 Å². The molecule has 3 aromatic rings. The first-order valence-electron chi connectivity index (χ1n) is 4.31. The Balaban J connectivity index is 2.63. The molecule has 2 aromatic heterocycles. The van der Waals surface area contributed by atoms with Crippen LogP contribution >= 0.6 is 22.9 Å². The van der Waals surface area contributed by atoms with Crippen LogP contribution in [0.5, 0.6) is 0 Å². The topological polar surface area (TPSA) is 34.4 Å². The first kappa shape index (κ1) is 8.88. The van der Waals surface area contributed by atoms with Crippen molar-refractivity contribution in [3.05, 3.63) is 46.0 Å². The van der Waals surface area contributed by atoms with Gasteiger partial charge >= 0.3 is 0 Å². The van der Waals surface area contributed by atoms with Gasteiger partial charge in [0.15, 0.2) is 4.96 Å². The molecule has 0 saturated carbocycles. The highest BCUT2D eigenvalue weighted by Gasteiger charge is 2.05. The van der Waals surface area contributed by atoms with E-state index in [1.54, 1.807) is 35.0 Å². The monoisotopic (exact) mass is 236 g/mol. The van der Waals surface area contributed by atoms with Crippen molar-refractivity contribution >= 4 is 38.0 Å². The van der Waals surface area contributed by atoms with Crippen LogP contribution in [-0.4, -0.2) is 9.38 Å². The summed E-state index contributed by atoms with van der Waals surface area (Å²) in [6.07, 6.45) is 3.29. The van der Waals surface area contributed by atoms with E-state index in [-0.39, 0.29) is 5.56 Å². The zero-order valence-corrected chi connectivity index (χ0v) is 9.05. The maximum atomic E-state index is 11.9. The number of hydrogen-bond donors (Lipinski definition) is 0. The van der Waals surface area contributed by atoms with E-state index in [1.165, 1.54) is 11.3 Å². The average molecular weight is 237 g/mol. The van der Waals surface area contributed by atoms with Gasteiger partial charge in [-0.05, 0) is 18.2 Å². The normalized spacial score (nSPS) is 11.3.